The molecule has 0 atom stereocenters. The van der Waals surface area contributed by atoms with E-state index in [2.05, 4.69) is 5.32 Å². The summed E-state index contributed by atoms with van der Waals surface area (Å²) in [5.41, 5.74) is 4.51. The molecule has 0 aromatic heterocycles. The first-order valence-electron chi connectivity index (χ1n) is 6.04. The van der Waals surface area contributed by atoms with Gasteiger partial charge in [-0.3, -0.25) is 4.79 Å². The van der Waals surface area contributed by atoms with Crippen molar-refractivity contribution in [3.05, 3.63) is 64.2 Å². The molecule has 1 aliphatic rings. The molecule has 1 amide bonds. The van der Waals surface area contributed by atoms with Gasteiger partial charge in [-0.05, 0) is 42.3 Å². The summed E-state index contributed by atoms with van der Waals surface area (Å²) < 4.78 is 0. The van der Waals surface area contributed by atoms with Gasteiger partial charge in [-0.2, -0.15) is 0 Å². The van der Waals surface area contributed by atoms with Gasteiger partial charge >= 0.3 is 0 Å². The molecule has 0 unspecified atom stereocenters. The lowest BCUT2D eigenvalue weighted by molar-refractivity contribution is -0.110. The van der Waals surface area contributed by atoms with Crippen LogP contribution < -0.4 is 5.32 Å². The molecular weight excluding hydrogens is 258 g/mol. The summed E-state index contributed by atoms with van der Waals surface area (Å²) in [7, 11) is 0. The van der Waals surface area contributed by atoms with Gasteiger partial charge in [0.1, 0.15) is 0 Å². The molecule has 0 fully saturated rings. The number of hydrogen-bond donors (Lipinski definition) is 1. The van der Waals surface area contributed by atoms with Gasteiger partial charge in [0.05, 0.1) is 0 Å². The second-order valence-electron chi connectivity index (χ2n) is 4.56. The van der Waals surface area contributed by atoms with Gasteiger partial charge in [0.2, 0.25) is 0 Å². The van der Waals surface area contributed by atoms with Crippen molar-refractivity contribution in [2.75, 3.05) is 5.32 Å². The van der Waals surface area contributed by atoms with Crippen LogP contribution in [0.4, 0.5) is 5.69 Å². The minimum Gasteiger partial charge on any atom is -0.321 e. The van der Waals surface area contributed by atoms with Gasteiger partial charge in [0.25, 0.3) is 5.91 Å². The lowest BCUT2D eigenvalue weighted by Crippen LogP contribution is -2.03. The summed E-state index contributed by atoms with van der Waals surface area (Å²) in [6.45, 7) is 2.03. The Hall–Kier alpha value is -2.06. The summed E-state index contributed by atoms with van der Waals surface area (Å²) in [6.07, 6.45) is 1.91. The predicted molar refractivity (Wildman–Crippen MR) is 79.1 cm³/mol. The summed E-state index contributed by atoms with van der Waals surface area (Å²) in [5.74, 6) is -0.0829. The van der Waals surface area contributed by atoms with Crippen LogP contribution in [0.25, 0.3) is 11.6 Å². The molecule has 19 heavy (non-hydrogen) atoms. The third-order valence-corrected chi connectivity index (χ3v) is 3.49. The van der Waals surface area contributed by atoms with E-state index in [1.165, 1.54) is 0 Å². The Morgan fingerprint density at radius 2 is 1.95 bits per heavy atom. The molecule has 3 heteroatoms. The first-order valence-corrected chi connectivity index (χ1v) is 6.41. The molecule has 0 saturated heterocycles. The first-order chi connectivity index (χ1) is 9.15. The van der Waals surface area contributed by atoms with E-state index < -0.39 is 0 Å². The molecule has 0 aliphatic carbocycles. The number of rotatable bonds is 1. The maximum absolute atomic E-state index is 12.0. The quantitative estimate of drug-likeness (QED) is 0.775. The minimum atomic E-state index is -0.0829. The average molecular weight is 270 g/mol. The number of anilines is 1. The standard InChI is InChI=1S/C16H12ClNO/c1-10-4-2-3-5-11(10)8-14-13-9-12(17)6-7-15(13)18-16(14)19/h2-9H,1H3,(H,18,19)/b14-8-. The van der Waals surface area contributed by atoms with Crippen LogP contribution in [0.15, 0.2) is 42.5 Å². The van der Waals surface area contributed by atoms with E-state index in [1.54, 1.807) is 6.07 Å². The summed E-state index contributed by atoms with van der Waals surface area (Å²) >= 11 is 6.00. The van der Waals surface area contributed by atoms with E-state index in [0.29, 0.717) is 10.6 Å². The minimum absolute atomic E-state index is 0.0829. The largest absolute Gasteiger partial charge is 0.321 e. The van der Waals surface area contributed by atoms with Crippen molar-refractivity contribution < 1.29 is 4.79 Å². The number of amides is 1. The predicted octanol–water partition coefficient (Wildman–Crippen LogP) is 4.14. The van der Waals surface area contributed by atoms with Crippen LogP contribution >= 0.6 is 11.6 Å². The van der Waals surface area contributed by atoms with E-state index in [9.17, 15) is 4.79 Å². The molecule has 0 radical (unpaired) electrons. The Labute approximate surface area is 116 Å². The lowest BCUT2D eigenvalue weighted by atomic mass is 10.0. The number of carbonyl (C=O) groups is 1. The lowest BCUT2D eigenvalue weighted by Gasteiger charge is -2.02. The molecule has 1 N–H and O–H groups in total. The Balaban J connectivity index is 2.14. The highest BCUT2D eigenvalue weighted by atomic mass is 35.5. The molecule has 0 bridgehead atoms. The van der Waals surface area contributed by atoms with Crippen molar-refractivity contribution in [1.82, 2.24) is 0 Å². The molecule has 0 saturated carbocycles. The smallest absolute Gasteiger partial charge is 0.256 e. The van der Waals surface area contributed by atoms with E-state index in [4.69, 9.17) is 11.6 Å². The Morgan fingerprint density at radius 1 is 1.16 bits per heavy atom. The number of benzene rings is 2. The van der Waals surface area contributed by atoms with E-state index in [1.807, 2.05) is 49.4 Å². The maximum atomic E-state index is 12.0. The van der Waals surface area contributed by atoms with Crippen LogP contribution in [-0.2, 0) is 4.79 Å². The summed E-state index contributed by atoms with van der Waals surface area (Å²) in [6, 6.07) is 13.4. The number of halogens is 1. The number of carbonyl (C=O) groups excluding carboxylic acids is 1. The van der Waals surface area contributed by atoms with Crippen molar-refractivity contribution >= 4 is 34.8 Å². The Morgan fingerprint density at radius 3 is 2.74 bits per heavy atom. The van der Waals surface area contributed by atoms with Gasteiger partial charge < -0.3 is 5.32 Å². The highest BCUT2D eigenvalue weighted by molar-refractivity contribution is 6.36. The molecule has 2 aromatic carbocycles. The summed E-state index contributed by atoms with van der Waals surface area (Å²) in [4.78, 5) is 12.0. The molecule has 94 valence electrons. The van der Waals surface area contributed by atoms with E-state index in [0.717, 1.165) is 22.4 Å². The highest BCUT2D eigenvalue weighted by Crippen LogP contribution is 2.35. The molecule has 3 rings (SSSR count). The molecule has 1 heterocycles. The maximum Gasteiger partial charge on any atom is 0.256 e. The normalized spacial score (nSPS) is 15.5. The third kappa shape index (κ3) is 2.15. The molecule has 1 aliphatic heterocycles. The molecular formula is C16H12ClNO. The number of nitrogens with one attached hydrogen (secondary N) is 1. The second kappa shape index (κ2) is 4.56. The SMILES string of the molecule is Cc1ccccc1/C=C1\C(=O)Nc2ccc(Cl)cc21. The third-order valence-electron chi connectivity index (χ3n) is 3.25. The summed E-state index contributed by atoms with van der Waals surface area (Å²) in [5, 5.41) is 3.48. The number of hydrogen-bond acceptors (Lipinski definition) is 1. The van der Waals surface area contributed by atoms with Crippen LogP contribution in [0, 0.1) is 6.92 Å². The van der Waals surface area contributed by atoms with Crippen molar-refractivity contribution in [2.24, 2.45) is 0 Å². The zero-order chi connectivity index (χ0) is 13.4. The fourth-order valence-corrected chi connectivity index (χ4v) is 2.38. The van der Waals surface area contributed by atoms with Crippen LogP contribution in [-0.4, -0.2) is 5.91 Å². The Bertz CT molecular complexity index is 704. The van der Waals surface area contributed by atoms with Crippen LogP contribution in [0.1, 0.15) is 16.7 Å². The molecule has 2 nitrogen and oxygen atoms in total. The van der Waals surface area contributed by atoms with Crippen molar-refractivity contribution in [3.63, 3.8) is 0 Å². The number of aryl methyl sites for hydroxylation is 1. The second-order valence-corrected chi connectivity index (χ2v) is 5.00. The van der Waals surface area contributed by atoms with Crippen molar-refractivity contribution in [2.45, 2.75) is 6.92 Å². The average Bonchev–Trinajstić information content (AvgIpc) is 2.69. The van der Waals surface area contributed by atoms with E-state index in [-0.39, 0.29) is 5.91 Å². The fourth-order valence-electron chi connectivity index (χ4n) is 2.21. The zero-order valence-corrected chi connectivity index (χ0v) is 11.2. The van der Waals surface area contributed by atoms with Crippen LogP contribution in [0.3, 0.4) is 0 Å². The number of fused-ring (bicyclic) bond motifs is 1. The first kappa shape index (κ1) is 12.0. The monoisotopic (exact) mass is 269 g/mol. The van der Waals surface area contributed by atoms with Gasteiger partial charge in [-0.15, -0.1) is 0 Å². The van der Waals surface area contributed by atoms with Crippen LogP contribution in [0.2, 0.25) is 5.02 Å². The Kier molecular flexibility index (Phi) is 2.88. The van der Waals surface area contributed by atoms with Crippen molar-refractivity contribution in [3.8, 4) is 0 Å². The zero-order valence-electron chi connectivity index (χ0n) is 10.4. The topological polar surface area (TPSA) is 29.1 Å². The van der Waals surface area contributed by atoms with E-state index >= 15 is 0 Å². The van der Waals surface area contributed by atoms with Gasteiger partial charge in [-0.1, -0.05) is 35.9 Å². The fraction of sp³-hybridized carbons (Fsp3) is 0.0625. The van der Waals surface area contributed by atoms with Gasteiger partial charge in [0, 0.05) is 21.8 Å². The van der Waals surface area contributed by atoms with Crippen LogP contribution in [0.5, 0.6) is 0 Å². The van der Waals surface area contributed by atoms with Gasteiger partial charge in [0.15, 0.2) is 0 Å². The molecule has 2 aromatic rings. The molecule has 0 spiro atoms. The van der Waals surface area contributed by atoms with Crippen molar-refractivity contribution in [1.29, 1.82) is 0 Å². The highest BCUT2D eigenvalue weighted by Gasteiger charge is 2.24. The van der Waals surface area contributed by atoms with Gasteiger partial charge in [-0.25, -0.2) is 0 Å².